The highest BCUT2D eigenvalue weighted by atomic mass is 19.3. The second kappa shape index (κ2) is 3.98. The highest BCUT2D eigenvalue weighted by molar-refractivity contribution is 5.51. The van der Waals surface area contributed by atoms with Gasteiger partial charge >= 0.3 is 6.11 Å². The van der Waals surface area contributed by atoms with E-state index >= 15 is 0 Å². The predicted octanol–water partition coefficient (Wildman–Crippen LogP) is 2.16. The molecule has 4 heteroatoms. The van der Waals surface area contributed by atoms with Crippen LogP contribution in [0.1, 0.15) is 6.42 Å². The monoisotopic (exact) mass is 185 g/mol. The van der Waals surface area contributed by atoms with Crippen LogP contribution in [0.25, 0.3) is 0 Å². The lowest BCUT2D eigenvalue weighted by Crippen LogP contribution is -2.24. The first-order valence-electron chi connectivity index (χ1n) is 3.61. The van der Waals surface area contributed by atoms with Gasteiger partial charge in [0.25, 0.3) is 0 Å². The molecule has 0 amide bonds. The summed E-state index contributed by atoms with van der Waals surface area (Å²) < 4.78 is 29.5. The van der Waals surface area contributed by atoms with Crippen LogP contribution in [0.2, 0.25) is 0 Å². The quantitative estimate of drug-likeness (QED) is 0.718. The predicted molar refractivity (Wildman–Crippen MR) is 42.3 cm³/mol. The first-order chi connectivity index (χ1) is 6.14. The number of para-hydroxylation sites is 1. The molecule has 0 saturated heterocycles. The molecule has 1 radical (unpaired) electrons. The molecule has 0 saturated carbocycles. The average molecular weight is 185 g/mol. The van der Waals surface area contributed by atoms with Gasteiger partial charge in [0, 0.05) is 0 Å². The van der Waals surface area contributed by atoms with E-state index in [-0.39, 0.29) is 5.75 Å². The fraction of sp³-hybridized carbons (Fsp3) is 0.222. The van der Waals surface area contributed by atoms with Crippen molar-refractivity contribution in [2.45, 2.75) is 12.5 Å². The number of carbonyl (C=O) groups excluding carboxylic acids is 1. The molecule has 1 aromatic carbocycles. The van der Waals surface area contributed by atoms with Crippen LogP contribution in [0, 0.1) is 0 Å². The maximum Gasteiger partial charge on any atom is 0.405 e. The van der Waals surface area contributed by atoms with Crippen molar-refractivity contribution in [2.24, 2.45) is 0 Å². The van der Waals surface area contributed by atoms with Crippen LogP contribution in [-0.4, -0.2) is 12.4 Å². The molecule has 0 N–H and O–H groups in total. The summed E-state index contributed by atoms with van der Waals surface area (Å²) in [7, 11) is 0. The van der Waals surface area contributed by atoms with Crippen LogP contribution in [0.15, 0.2) is 30.3 Å². The fourth-order valence-corrected chi connectivity index (χ4v) is 0.781. The summed E-state index contributed by atoms with van der Waals surface area (Å²) in [6.07, 6.45) is -3.42. The van der Waals surface area contributed by atoms with Gasteiger partial charge in [0.05, 0.1) is 0 Å². The molecule has 0 heterocycles. The number of hydrogen-bond donors (Lipinski definition) is 0. The van der Waals surface area contributed by atoms with Crippen molar-refractivity contribution in [1.82, 2.24) is 0 Å². The van der Waals surface area contributed by atoms with Crippen molar-refractivity contribution < 1.29 is 18.3 Å². The van der Waals surface area contributed by atoms with E-state index in [2.05, 4.69) is 4.74 Å². The minimum Gasteiger partial charge on any atom is -0.432 e. The Morgan fingerprint density at radius 1 is 1.31 bits per heavy atom. The molecule has 0 aliphatic carbocycles. The maximum absolute atomic E-state index is 12.6. The Balaban J connectivity index is 2.63. The van der Waals surface area contributed by atoms with Crippen molar-refractivity contribution in [3.63, 3.8) is 0 Å². The summed E-state index contributed by atoms with van der Waals surface area (Å²) >= 11 is 0. The third-order valence-corrected chi connectivity index (χ3v) is 1.29. The van der Waals surface area contributed by atoms with E-state index in [1.807, 2.05) is 0 Å². The summed E-state index contributed by atoms with van der Waals surface area (Å²) in [5.74, 6) is 0.0303. The SMILES string of the molecule is O=[C]CC(F)(F)Oc1ccccc1. The zero-order chi connectivity index (χ0) is 9.73. The van der Waals surface area contributed by atoms with Gasteiger partial charge in [-0.15, -0.1) is 0 Å². The second-order valence-electron chi connectivity index (χ2n) is 2.37. The number of hydrogen-bond acceptors (Lipinski definition) is 2. The van der Waals surface area contributed by atoms with Gasteiger partial charge in [-0.3, -0.25) is 4.79 Å². The molecule has 13 heavy (non-hydrogen) atoms. The van der Waals surface area contributed by atoms with Crippen molar-refractivity contribution in [3.8, 4) is 5.75 Å². The standard InChI is InChI=1S/C9H7F2O2/c10-9(11,6-7-12)13-8-4-2-1-3-5-8/h1-5H,6H2. The smallest absolute Gasteiger partial charge is 0.405 e. The van der Waals surface area contributed by atoms with E-state index in [1.165, 1.54) is 12.1 Å². The van der Waals surface area contributed by atoms with Crippen molar-refractivity contribution in [2.75, 3.05) is 0 Å². The van der Waals surface area contributed by atoms with E-state index in [0.717, 1.165) is 6.29 Å². The van der Waals surface area contributed by atoms with Gasteiger partial charge in [0.1, 0.15) is 12.2 Å². The molecule has 0 aromatic heterocycles. The van der Waals surface area contributed by atoms with Crippen LogP contribution < -0.4 is 4.74 Å². The van der Waals surface area contributed by atoms with Gasteiger partial charge in [0.2, 0.25) is 6.29 Å². The van der Waals surface area contributed by atoms with Gasteiger partial charge in [-0.05, 0) is 12.1 Å². The van der Waals surface area contributed by atoms with Gasteiger partial charge in [-0.25, -0.2) is 0 Å². The van der Waals surface area contributed by atoms with Crippen LogP contribution >= 0.6 is 0 Å². The summed E-state index contributed by atoms with van der Waals surface area (Å²) in [6, 6.07) is 7.58. The Morgan fingerprint density at radius 3 is 2.46 bits per heavy atom. The number of halogens is 2. The first kappa shape index (κ1) is 9.64. The zero-order valence-electron chi connectivity index (χ0n) is 6.67. The fourth-order valence-electron chi connectivity index (χ4n) is 0.781. The normalized spacial score (nSPS) is 10.9. The Bertz CT molecular complexity index is 272. The van der Waals surface area contributed by atoms with E-state index in [0.29, 0.717) is 0 Å². The molecule has 0 bridgehead atoms. The Hall–Kier alpha value is -1.45. The Labute approximate surface area is 74.1 Å². The van der Waals surface area contributed by atoms with E-state index in [1.54, 1.807) is 18.2 Å². The minimum absolute atomic E-state index is 0.0303. The largest absolute Gasteiger partial charge is 0.432 e. The molecule has 0 unspecified atom stereocenters. The Kier molecular flexibility index (Phi) is 2.95. The molecular formula is C9H7F2O2. The van der Waals surface area contributed by atoms with Gasteiger partial charge < -0.3 is 4.74 Å². The Morgan fingerprint density at radius 2 is 1.92 bits per heavy atom. The number of ether oxygens (including phenoxy) is 1. The molecule has 0 aliphatic rings. The minimum atomic E-state index is -3.47. The third-order valence-electron chi connectivity index (χ3n) is 1.29. The van der Waals surface area contributed by atoms with Gasteiger partial charge in [-0.2, -0.15) is 8.78 Å². The molecule has 1 rings (SSSR count). The maximum atomic E-state index is 12.6. The van der Waals surface area contributed by atoms with E-state index < -0.39 is 12.5 Å². The van der Waals surface area contributed by atoms with Crippen LogP contribution in [0.5, 0.6) is 5.75 Å². The van der Waals surface area contributed by atoms with Gasteiger partial charge in [0.15, 0.2) is 0 Å². The summed E-state index contributed by atoms with van der Waals surface area (Å²) in [6.45, 7) is 0. The molecule has 1 aromatic rings. The molecule has 0 aliphatic heterocycles. The van der Waals surface area contributed by atoms with Crippen molar-refractivity contribution >= 4 is 6.29 Å². The topological polar surface area (TPSA) is 26.3 Å². The molecule has 0 atom stereocenters. The van der Waals surface area contributed by atoms with Crippen LogP contribution in [0.3, 0.4) is 0 Å². The molecule has 2 nitrogen and oxygen atoms in total. The zero-order valence-corrected chi connectivity index (χ0v) is 6.67. The summed E-state index contributed by atoms with van der Waals surface area (Å²) in [5, 5.41) is 0. The summed E-state index contributed by atoms with van der Waals surface area (Å²) in [4.78, 5) is 9.73. The molecule has 0 spiro atoms. The summed E-state index contributed by atoms with van der Waals surface area (Å²) in [5.41, 5.74) is 0. The highest BCUT2D eigenvalue weighted by Gasteiger charge is 2.31. The number of benzene rings is 1. The molecule has 69 valence electrons. The number of rotatable bonds is 4. The molecular weight excluding hydrogens is 178 g/mol. The second-order valence-corrected chi connectivity index (χ2v) is 2.37. The third kappa shape index (κ3) is 3.19. The van der Waals surface area contributed by atoms with Crippen LogP contribution in [0.4, 0.5) is 8.78 Å². The van der Waals surface area contributed by atoms with Crippen molar-refractivity contribution in [1.29, 1.82) is 0 Å². The molecule has 0 fully saturated rings. The van der Waals surface area contributed by atoms with E-state index in [4.69, 9.17) is 0 Å². The van der Waals surface area contributed by atoms with E-state index in [9.17, 15) is 13.6 Å². The lowest BCUT2D eigenvalue weighted by atomic mass is 10.3. The first-order valence-corrected chi connectivity index (χ1v) is 3.61. The number of alkyl halides is 2. The lowest BCUT2D eigenvalue weighted by molar-refractivity contribution is -0.168. The highest BCUT2D eigenvalue weighted by Crippen LogP contribution is 2.22. The average Bonchev–Trinajstić information content (AvgIpc) is 2.04. The van der Waals surface area contributed by atoms with Gasteiger partial charge in [-0.1, -0.05) is 18.2 Å². The van der Waals surface area contributed by atoms with Crippen molar-refractivity contribution in [3.05, 3.63) is 30.3 Å². The van der Waals surface area contributed by atoms with Crippen LogP contribution in [-0.2, 0) is 4.79 Å². The lowest BCUT2D eigenvalue weighted by Gasteiger charge is -2.14.